The summed E-state index contributed by atoms with van der Waals surface area (Å²) in [6, 6.07) is 4.53. The summed E-state index contributed by atoms with van der Waals surface area (Å²) in [7, 11) is 1.55. The first-order valence-electron chi connectivity index (χ1n) is 5.84. The molecule has 1 fully saturated rings. The highest BCUT2D eigenvalue weighted by Crippen LogP contribution is 2.29. The van der Waals surface area contributed by atoms with Crippen molar-refractivity contribution in [2.75, 3.05) is 32.2 Å². The molecular formula is C12H16N2O4. The number of anilines is 1. The van der Waals surface area contributed by atoms with Crippen molar-refractivity contribution in [3.63, 3.8) is 0 Å². The molecule has 0 radical (unpaired) electrons. The summed E-state index contributed by atoms with van der Waals surface area (Å²) < 4.78 is 10.5. The number of hydrogen-bond acceptors (Lipinski definition) is 5. The average Bonchev–Trinajstić information content (AvgIpc) is 2.89. The van der Waals surface area contributed by atoms with Crippen LogP contribution in [-0.2, 0) is 4.74 Å². The monoisotopic (exact) mass is 252 g/mol. The van der Waals surface area contributed by atoms with E-state index in [9.17, 15) is 10.1 Å². The van der Waals surface area contributed by atoms with Crippen molar-refractivity contribution in [2.45, 2.75) is 6.42 Å². The van der Waals surface area contributed by atoms with Crippen LogP contribution in [0.2, 0.25) is 0 Å². The van der Waals surface area contributed by atoms with E-state index in [-0.39, 0.29) is 5.69 Å². The van der Waals surface area contributed by atoms with E-state index in [2.05, 4.69) is 5.32 Å². The lowest BCUT2D eigenvalue weighted by Crippen LogP contribution is -2.14. The summed E-state index contributed by atoms with van der Waals surface area (Å²) in [5, 5.41) is 13.9. The van der Waals surface area contributed by atoms with E-state index < -0.39 is 4.92 Å². The number of methoxy groups -OCH3 is 1. The van der Waals surface area contributed by atoms with Gasteiger partial charge in [-0.05, 0) is 12.5 Å². The van der Waals surface area contributed by atoms with Crippen LogP contribution in [0.15, 0.2) is 18.2 Å². The number of nitro groups is 1. The van der Waals surface area contributed by atoms with Gasteiger partial charge in [0.2, 0.25) is 0 Å². The molecule has 1 aromatic rings. The van der Waals surface area contributed by atoms with Crippen LogP contribution in [0.1, 0.15) is 6.42 Å². The Balaban J connectivity index is 2.08. The molecule has 0 aromatic heterocycles. The molecule has 1 atom stereocenters. The smallest absolute Gasteiger partial charge is 0.271 e. The topological polar surface area (TPSA) is 73.6 Å². The molecule has 1 heterocycles. The predicted molar refractivity (Wildman–Crippen MR) is 67.1 cm³/mol. The Morgan fingerprint density at radius 3 is 3.06 bits per heavy atom. The summed E-state index contributed by atoms with van der Waals surface area (Å²) in [4.78, 5) is 10.3. The van der Waals surface area contributed by atoms with Crippen molar-refractivity contribution >= 4 is 11.4 Å². The van der Waals surface area contributed by atoms with E-state index in [1.54, 1.807) is 13.2 Å². The number of ether oxygens (including phenoxy) is 2. The summed E-state index contributed by atoms with van der Waals surface area (Å²) in [5.74, 6) is 1.06. The van der Waals surface area contributed by atoms with Crippen LogP contribution in [0.3, 0.4) is 0 Å². The van der Waals surface area contributed by atoms with Gasteiger partial charge in [-0.2, -0.15) is 0 Å². The second-order valence-electron chi connectivity index (χ2n) is 4.25. The lowest BCUT2D eigenvalue weighted by atomic mass is 10.1. The minimum atomic E-state index is -0.413. The molecule has 18 heavy (non-hydrogen) atoms. The Kier molecular flexibility index (Phi) is 3.99. The Bertz CT molecular complexity index is 430. The molecule has 2 rings (SSSR count). The third-order valence-electron chi connectivity index (χ3n) is 3.00. The molecule has 0 saturated carbocycles. The first-order chi connectivity index (χ1) is 8.70. The van der Waals surface area contributed by atoms with Crippen LogP contribution in [0, 0.1) is 16.0 Å². The highest BCUT2D eigenvalue weighted by molar-refractivity contribution is 5.61. The number of benzene rings is 1. The maximum Gasteiger partial charge on any atom is 0.271 e. The molecule has 1 aliphatic rings. The number of nitro benzene ring substituents is 1. The zero-order valence-electron chi connectivity index (χ0n) is 10.2. The molecule has 0 aliphatic carbocycles. The van der Waals surface area contributed by atoms with Gasteiger partial charge in [-0.3, -0.25) is 10.1 Å². The van der Waals surface area contributed by atoms with Gasteiger partial charge in [0, 0.05) is 31.2 Å². The number of nitrogens with zero attached hydrogens (tertiary/aromatic N) is 1. The molecule has 1 aliphatic heterocycles. The van der Waals surface area contributed by atoms with Crippen molar-refractivity contribution in [3.05, 3.63) is 28.3 Å². The Morgan fingerprint density at radius 2 is 2.44 bits per heavy atom. The lowest BCUT2D eigenvalue weighted by Gasteiger charge is -2.13. The van der Waals surface area contributed by atoms with E-state index >= 15 is 0 Å². The van der Waals surface area contributed by atoms with Crippen molar-refractivity contribution in [1.82, 2.24) is 0 Å². The summed E-state index contributed by atoms with van der Waals surface area (Å²) in [6.07, 6.45) is 1.02. The summed E-state index contributed by atoms with van der Waals surface area (Å²) in [5.41, 5.74) is 0.708. The fourth-order valence-corrected chi connectivity index (χ4v) is 1.95. The lowest BCUT2D eigenvalue weighted by molar-refractivity contribution is -0.384. The molecule has 1 unspecified atom stereocenters. The van der Waals surface area contributed by atoms with E-state index in [0.29, 0.717) is 17.4 Å². The Labute approximate surface area is 105 Å². The maximum absolute atomic E-state index is 10.7. The largest absolute Gasteiger partial charge is 0.495 e. The van der Waals surface area contributed by atoms with Crippen molar-refractivity contribution in [2.24, 2.45) is 5.92 Å². The van der Waals surface area contributed by atoms with Crippen molar-refractivity contribution in [1.29, 1.82) is 0 Å². The van der Waals surface area contributed by atoms with Crippen LogP contribution in [-0.4, -0.2) is 31.8 Å². The predicted octanol–water partition coefficient (Wildman–Crippen LogP) is 2.05. The molecule has 98 valence electrons. The third-order valence-corrected chi connectivity index (χ3v) is 3.00. The van der Waals surface area contributed by atoms with Crippen LogP contribution < -0.4 is 10.1 Å². The molecule has 0 amide bonds. The molecule has 1 aromatic carbocycles. The maximum atomic E-state index is 10.7. The Hall–Kier alpha value is -1.82. The first-order valence-corrected chi connectivity index (χ1v) is 5.84. The van der Waals surface area contributed by atoms with E-state index in [1.165, 1.54) is 12.1 Å². The van der Waals surface area contributed by atoms with E-state index in [4.69, 9.17) is 9.47 Å². The quantitative estimate of drug-likeness (QED) is 0.641. The standard InChI is InChI=1S/C12H16N2O4/c1-17-12-3-2-10(14(15)16)6-11(12)13-7-9-4-5-18-8-9/h2-3,6,9,13H,4-5,7-8H2,1H3. The van der Waals surface area contributed by atoms with Gasteiger partial charge < -0.3 is 14.8 Å². The van der Waals surface area contributed by atoms with Crippen molar-refractivity contribution < 1.29 is 14.4 Å². The molecule has 1 N–H and O–H groups in total. The zero-order chi connectivity index (χ0) is 13.0. The highest BCUT2D eigenvalue weighted by Gasteiger charge is 2.17. The third kappa shape index (κ3) is 2.89. The van der Waals surface area contributed by atoms with Gasteiger partial charge in [0.1, 0.15) is 5.75 Å². The van der Waals surface area contributed by atoms with Crippen molar-refractivity contribution in [3.8, 4) is 5.75 Å². The number of hydrogen-bond donors (Lipinski definition) is 1. The van der Waals surface area contributed by atoms with Gasteiger partial charge in [0.05, 0.1) is 24.3 Å². The number of nitrogens with one attached hydrogen (secondary N) is 1. The fraction of sp³-hybridized carbons (Fsp3) is 0.500. The molecule has 0 spiro atoms. The Morgan fingerprint density at radius 1 is 1.61 bits per heavy atom. The highest BCUT2D eigenvalue weighted by atomic mass is 16.6. The van der Waals surface area contributed by atoms with Crippen LogP contribution >= 0.6 is 0 Å². The van der Waals surface area contributed by atoms with E-state index in [1.807, 2.05) is 0 Å². The van der Waals surface area contributed by atoms with Crippen LogP contribution in [0.25, 0.3) is 0 Å². The molecule has 0 bridgehead atoms. The number of rotatable bonds is 5. The number of non-ortho nitro benzene ring substituents is 1. The SMILES string of the molecule is COc1ccc([N+](=O)[O-])cc1NCC1CCOC1. The second-order valence-corrected chi connectivity index (χ2v) is 4.25. The summed E-state index contributed by atoms with van der Waals surface area (Å²) in [6.45, 7) is 2.26. The molecule has 6 nitrogen and oxygen atoms in total. The van der Waals surface area contributed by atoms with Gasteiger partial charge >= 0.3 is 0 Å². The summed E-state index contributed by atoms with van der Waals surface area (Å²) >= 11 is 0. The normalized spacial score (nSPS) is 18.6. The minimum absolute atomic E-state index is 0.0565. The van der Waals surface area contributed by atoms with Gasteiger partial charge in [-0.1, -0.05) is 0 Å². The van der Waals surface area contributed by atoms with Crippen LogP contribution in [0.4, 0.5) is 11.4 Å². The second kappa shape index (κ2) is 5.68. The molecule has 1 saturated heterocycles. The fourth-order valence-electron chi connectivity index (χ4n) is 1.95. The zero-order valence-corrected chi connectivity index (χ0v) is 10.2. The van der Waals surface area contributed by atoms with E-state index in [0.717, 1.165) is 26.2 Å². The van der Waals surface area contributed by atoms with Gasteiger partial charge in [-0.15, -0.1) is 0 Å². The van der Waals surface area contributed by atoms with Gasteiger partial charge in [0.15, 0.2) is 0 Å². The minimum Gasteiger partial charge on any atom is -0.495 e. The average molecular weight is 252 g/mol. The van der Waals surface area contributed by atoms with Gasteiger partial charge in [-0.25, -0.2) is 0 Å². The van der Waals surface area contributed by atoms with Gasteiger partial charge in [0.25, 0.3) is 5.69 Å². The first kappa shape index (κ1) is 12.6. The van der Waals surface area contributed by atoms with Crippen LogP contribution in [0.5, 0.6) is 5.75 Å². The molecule has 6 heteroatoms. The molecular weight excluding hydrogens is 236 g/mol.